The molecule has 12 nitrogen and oxygen atoms in total. The van der Waals surface area contributed by atoms with Gasteiger partial charge in [-0.05, 0) is 223 Å². The Labute approximate surface area is 455 Å². The highest BCUT2D eigenvalue weighted by Crippen LogP contribution is 2.41. The molecule has 1 spiro atoms. The number of likely N-dealkylation sites (tertiary alicyclic amines) is 4. The van der Waals surface area contributed by atoms with E-state index in [-0.39, 0.29) is 5.54 Å². The zero-order valence-electron chi connectivity index (χ0n) is 52.6. The highest BCUT2D eigenvalue weighted by atomic mass is 32.2. The van der Waals surface area contributed by atoms with E-state index < -0.39 is 9.84 Å². The zero-order chi connectivity index (χ0) is 55.6. The van der Waals surface area contributed by atoms with E-state index in [1.54, 1.807) is 0 Å². The van der Waals surface area contributed by atoms with Crippen LogP contribution in [0.2, 0.25) is 0 Å². The Morgan fingerprint density at radius 2 is 0.589 bits per heavy atom. The molecular weight excluding hydrogens is 929 g/mol. The van der Waals surface area contributed by atoms with E-state index in [2.05, 4.69) is 185 Å². The first-order valence-corrected chi connectivity index (χ1v) is 31.5. The lowest BCUT2D eigenvalue weighted by Gasteiger charge is -2.59. The minimum Gasteiger partial charge on any atom is -0.380 e. The Morgan fingerprint density at radius 1 is 0.329 bits per heavy atom. The van der Waals surface area contributed by atoms with Crippen LogP contribution >= 0.6 is 0 Å². The van der Waals surface area contributed by atoms with E-state index in [0.29, 0.717) is 63.2 Å². The van der Waals surface area contributed by atoms with Crippen LogP contribution in [-0.2, 0) is 19.3 Å². The van der Waals surface area contributed by atoms with Crippen LogP contribution in [0.3, 0.4) is 0 Å². The second-order valence-electron chi connectivity index (χ2n) is 29.7. The lowest BCUT2D eigenvalue weighted by molar-refractivity contribution is -0.207. The van der Waals surface area contributed by atoms with Gasteiger partial charge in [0.1, 0.15) is 0 Å². The van der Waals surface area contributed by atoms with Gasteiger partial charge in [-0.1, -0.05) is 19.3 Å². The van der Waals surface area contributed by atoms with Gasteiger partial charge in [0, 0.05) is 110 Å². The predicted octanol–water partition coefficient (Wildman–Crippen LogP) is 10.3. The summed E-state index contributed by atoms with van der Waals surface area (Å²) in [6.07, 6.45) is 12.7. The van der Waals surface area contributed by atoms with Crippen molar-refractivity contribution in [3.05, 3.63) is 0 Å². The van der Waals surface area contributed by atoms with Crippen molar-refractivity contribution in [2.24, 2.45) is 5.41 Å². The van der Waals surface area contributed by atoms with E-state index >= 15 is 0 Å². The third kappa shape index (κ3) is 27.8. The molecule has 1 N–H and O–H groups in total. The molecule has 8 saturated heterocycles. The maximum Gasteiger partial charge on any atom is 0.152 e. The van der Waals surface area contributed by atoms with Gasteiger partial charge in [0.2, 0.25) is 0 Å². The first-order chi connectivity index (χ1) is 33.4. The molecule has 436 valence electrons. The van der Waals surface area contributed by atoms with Crippen molar-refractivity contribution in [2.45, 2.75) is 242 Å². The molecule has 0 bridgehead atoms. The summed E-state index contributed by atoms with van der Waals surface area (Å²) < 4.78 is 32.7. The molecule has 73 heavy (non-hydrogen) atoms. The van der Waals surface area contributed by atoms with E-state index in [1.165, 1.54) is 123 Å². The molecule has 0 aromatic carbocycles. The van der Waals surface area contributed by atoms with Crippen molar-refractivity contribution < 1.29 is 17.9 Å². The van der Waals surface area contributed by atoms with Gasteiger partial charge in [0.05, 0.1) is 37.9 Å². The molecule has 0 aromatic heterocycles. The minimum absolute atomic E-state index is 0.107. The van der Waals surface area contributed by atoms with Crippen molar-refractivity contribution in [2.75, 3.05) is 143 Å². The maximum atomic E-state index is 11.1. The van der Waals surface area contributed by atoms with Gasteiger partial charge >= 0.3 is 0 Å². The molecule has 8 aliphatic rings. The summed E-state index contributed by atoms with van der Waals surface area (Å²) in [5, 5.41) is 3.35. The molecular formula is C60H126N8O4S. The van der Waals surface area contributed by atoms with E-state index in [4.69, 9.17) is 9.47 Å². The van der Waals surface area contributed by atoms with Crippen LogP contribution in [0.5, 0.6) is 0 Å². The van der Waals surface area contributed by atoms with Gasteiger partial charge in [0.15, 0.2) is 9.84 Å². The third-order valence-electron chi connectivity index (χ3n) is 16.1. The molecule has 0 amide bonds. The largest absolute Gasteiger partial charge is 0.380 e. The first kappa shape index (κ1) is 68.7. The van der Waals surface area contributed by atoms with Crippen LogP contribution in [0.15, 0.2) is 0 Å². The van der Waals surface area contributed by atoms with Gasteiger partial charge in [-0.3, -0.25) is 34.3 Å². The third-order valence-corrected chi connectivity index (χ3v) is 17.7. The number of sulfone groups is 1. The zero-order valence-corrected chi connectivity index (χ0v) is 53.4. The molecule has 0 radical (unpaired) electrons. The van der Waals surface area contributed by atoms with Crippen LogP contribution in [0.25, 0.3) is 0 Å². The fraction of sp³-hybridized carbons (Fsp3) is 1.00. The van der Waals surface area contributed by atoms with Crippen molar-refractivity contribution >= 4 is 9.84 Å². The van der Waals surface area contributed by atoms with Gasteiger partial charge in [-0.15, -0.1) is 0 Å². The lowest BCUT2D eigenvalue weighted by Crippen LogP contribution is -2.69. The molecule has 0 saturated carbocycles. The molecule has 8 heterocycles. The summed E-state index contributed by atoms with van der Waals surface area (Å²) in [5.41, 5.74) is 2.94. The van der Waals surface area contributed by atoms with Crippen molar-refractivity contribution in [1.82, 2.24) is 39.6 Å². The summed E-state index contributed by atoms with van der Waals surface area (Å²) >= 11 is 0. The van der Waals surface area contributed by atoms with Crippen LogP contribution < -0.4 is 5.32 Å². The molecule has 8 fully saturated rings. The van der Waals surface area contributed by atoms with E-state index in [9.17, 15) is 8.42 Å². The fourth-order valence-electron chi connectivity index (χ4n) is 10.5. The van der Waals surface area contributed by atoms with E-state index in [0.717, 1.165) is 52.6 Å². The van der Waals surface area contributed by atoms with Crippen molar-refractivity contribution in [3.63, 3.8) is 0 Å². The summed E-state index contributed by atoms with van der Waals surface area (Å²) in [5.74, 6) is 0.647. The molecule has 13 heteroatoms. The summed E-state index contributed by atoms with van der Waals surface area (Å²) in [4.78, 5) is 17.5. The monoisotopic (exact) mass is 1050 g/mol. The number of rotatable bonds is 0. The predicted molar refractivity (Wildman–Crippen MR) is 316 cm³/mol. The molecule has 0 aromatic rings. The van der Waals surface area contributed by atoms with E-state index in [1.807, 2.05) is 0 Å². The van der Waals surface area contributed by atoms with Crippen molar-refractivity contribution in [1.29, 1.82) is 0 Å². The van der Waals surface area contributed by atoms with Crippen LogP contribution in [-0.4, -0.2) is 224 Å². The lowest BCUT2D eigenvalue weighted by atomic mass is 9.75. The average molecular weight is 1060 g/mol. The van der Waals surface area contributed by atoms with Crippen LogP contribution in [0.1, 0.15) is 203 Å². The number of piperazine rings is 1. The highest BCUT2D eigenvalue weighted by Gasteiger charge is 2.51. The number of nitrogens with zero attached hydrogens (tertiary/aromatic N) is 7. The number of ether oxygens (including phenoxy) is 2. The SMILES string of the molecule is CC(C)(C)N1CC2(COC2)C1.CC(C)(C)N1CCCC1.CC(C)(C)N1CCCCC1.CC(C)(C)N1CCCCCC1.CC(C)(C)N1CCNCC1.CC(C)(C)N1CCOCC1.CC(C)(C)N1CCS(=O)(=O)CC1. The summed E-state index contributed by atoms with van der Waals surface area (Å²) in [6.45, 7) is 69.9. The number of hydrogen-bond acceptors (Lipinski definition) is 12. The number of piperidine rings is 1. The maximum absolute atomic E-state index is 11.1. The highest BCUT2D eigenvalue weighted by molar-refractivity contribution is 7.91. The second-order valence-corrected chi connectivity index (χ2v) is 32.0. The smallest absolute Gasteiger partial charge is 0.152 e. The number of nitrogens with one attached hydrogen (secondary N) is 1. The summed E-state index contributed by atoms with van der Waals surface area (Å²) in [6, 6.07) is 0. The second kappa shape index (κ2) is 30.2. The van der Waals surface area contributed by atoms with Crippen LogP contribution in [0.4, 0.5) is 0 Å². The first-order valence-electron chi connectivity index (χ1n) is 29.7. The molecule has 0 atom stereocenters. The molecule has 8 aliphatic heterocycles. The Morgan fingerprint density at radius 3 is 0.849 bits per heavy atom. The van der Waals surface area contributed by atoms with Gasteiger partial charge in [0.25, 0.3) is 0 Å². The quantitative estimate of drug-likeness (QED) is 0.251. The number of morpholine rings is 1. The molecule has 8 rings (SSSR count). The van der Waals surface area contributed by atoms with Crippen molar-refractivity contribution in [3.8, 4) is 0 Å². The average Bonchev–Trinajstić information content (AvgIpc) is 3.66. The fourth-order valence-corrected chi connectivity index (χ4v) is 11.7. The number of hydrogen-bond donors (Lipinski definition) is 1. The summed E-state index contributed by atoms with van der Waals surface area (Å²) in [7, 11) is -2.72. The Hall–Kier alpha value is -0.450. The Bertz CT molecular complexity index is 1470. The Kier molecular flexibility index (Phi) is 28.4. The van der Waals surface area contributed by atoms with Gasteiger partial charge in [-0.25, -0.2) is 8.42 Å². The van der Waals surface area contributed by atoms with Crippen LogP contribution in [0, 0.1) is 5.41 Å². The van der Waals surface area contributed by atoms with Gasteiger partial charge < -0.3 is 14.8 Å². The topological polar surface area (TPSA) is 87.3 Å². The normalized spacial score (nSPS) is 24.5. The minimum atomic E-state index is -2.72. The Balaban J connectivity index is 0.000000292. The van der Waals surface area contributed by atoms with Gasteiger partial charge in [-0.2, -0.15) is 0 Å². The molecule has 0 unspecified atom stereocenters. The standard InChI is InChI=1S/C10H21N.C9H17NO.C9H19N.C8H18N2.C8H17NO2S.C8H17NO.C8H17N/c1-10(2,3)11-8-6-4-5-7-9-11;1-8(2,3)10-4-9(5-10)6-11-7-9;1-9(2,3)10-7-5-4-6-8-10;1-8(2,3)10-6-4-9-5-7-10;1-8(2,3)9-4-6-12(10,11)7-5-9;1-8(2,3)9-4-6-10-7-5-9;1-8(2,3)9-6-4-5-7-9/h4-9H2,1-3H3;4-7H2,1-3H3;4-8H2,1-3H3;9H,4-7H2,1-3H3;4-7H2,1-3H3;4-7H2,1-3H3;4-7H2,1-3H3. The molecule has 0 aliphatic carbocycles.